The summed E-state index contributed by atoms with van der Waals surface area (Å²) in [4.78, 5) is 24.5. The first-order chi connectivity index (χ1) is 10.1. The third-order valence-electron chi connectivity index (χ3n) is 2.94. The number of anilines is 1. The van der Waals surface area contributed by atoms with Crippen molar-refractivity contribution in [2.24, 2.45) is 5.73 Å². The van der Waals surface area contributed by atoms with Gasteiger partial charge < -0.3 is 37.0 Å². The quantitative estimate of drug-likeness (QED) is 0.321. The van der Waals surface area contributed by atoms with E-state index in [2.05, 4.69) is 4.98 Å². The third-order valence-corrected chi connectivity index (χ3v) is 3.94. The minimum absolute atomic E-state index is 0.155. The van der Waals surface area contributed by atoms with Gasteiger partial charge in [-0.05, 0) is 12.8 Å². The Morgan fingerprint density at radius 2 is 1.73 bits per heavy atom. The highest BCUT2D eigenvalue weighted by Gasteiger charge is 2.29. The van der Waals surface area contributed by atoms with E-state index in [0.717, 1.165) is 23.4 Å². The van der Waals surface area contributed by atoms with Crippen LogP contribution in [0.25, 0.3) is 0 Å². The standard InChI is InChI=1S/C7H11N3OS.C4H6O6/c8-3-1-2-4-6(5(3)11)12-7(9)10-4;5-1(3(7)8)2(6)4(9)10/h3,5,11H,1-2,8H2,(H2,9,10);1-2,5-6H,(H,7,8)(H,9,10)/t3-,5-;/m0./s1. The lowest BCUT2D eigenvalue weighted by Gasteiger charge is -2.22. The molecule has 0 saturated carbocycles. The highest BCUT2D eigenvalue weighted by Crippen LogP contribution is 2.34. The number of aliphatic carboxylic acids is 2. The molecule has 0 spiro atoms. The summed E-state index contributed by atoms with van der Waals surface area (Å²) >= 11 is 1.34. The van der Waals surface area contributed by atoms with Gasteiger partial charge in [0.05, 0.1) is 10.6 Å². The van der Waals surface area contributed by atoms with Crippen LogP contribution in [0.15, 0.2) is 0 Å². The molecule has 124 valence electrons. The van der Waals surface area contributed by atoms with Crippen molar-refractivity contribution < 1.29 is 35.1 Å². The molecule has 2 unspecified atom stereocenters. The Hall–Kier alpha value is -1.79. The average Bonchev–Trinajstić information content (AvgIpc) is 2.83. The first kappa shape index (κ1) is 18.3. The van der Waals surface area contributed by atoms with Crippen molar-refractivity contribution in [3.63, 3.8) is 0 Å². The van der Waals surface area contributed by atoms with Gasteiger partial charge in [0.1, 0.15) is 6.10 Å². The van der Waals surface area contributed by atoms with Gasteiger partial charge in [-0.1, -0.05) is 11.3 Å². The second kappa shape index (κ2) is 7.47. The van der Waals surface area contributed by atoms with E-state index in [9.17, 15) is 14.7 Å². The third kappa shape index (κ3) is 4.35. The lowest BCUT2D eigenvalue weighted by molar-refractivity contribution is -0.165. The fourth-order valence-electron chi connectivity index (χ4n) is 1.72. The van der Waals surface area contributed by atoms with Crippen molar-refractivity contribution in [2.45, 2.75) is 37.2 Å². The average molecular weight is 335 g/mol. The molecule has 1 aliphatic carbocycles. The highest BCUT2D eigenvalue weighted by molar-refractivity contribution is 7.15. The number of carboxylic acids is 2. The number of aliphatic hydroxyl groups excluding tert-OH is 3. The number of thiazole rings is 1. The molecule has 9 N–H and O–H groups in total. The molecule has 4 atom stereocenters. The van der Waals surface area contributed by atoms with Gasteiger partial charge in [-0.15, -0.1) is 0 Å². The molecular formula is C11H17N3O7S. The van der Waals surface area contributed by atoms with Crippen LogP contribution < -0.4 is 11.5 Å². The summed E-state index contributed by atoms with van der Waals surface area (Å²) in [7, 11) is 0. The number of aliphatic hydroxyl groups is 3. The highest BCUT2D eigenvalue weighted by atomic mass is 32.1. The Morgan fingerprint density at radius 1 is 1.23 bits per heavy atom. The van der Waals surface area contributed by atoms with Crippen molar-refractivity contribution in [3.05, 3.63) is 10.6 Å². The molecule has 2 rings (SSSR count). The first-order valence-electron chi connectivity index (χ1n) is 6.15. The van der Waals surface area contributed by atoms with Crippen molar-refractivity contribution >= 4 is 28.4 Å². The number of hydrogen-bond acceptors (Lipinski definition) is 9. The summed E-state index contributed by atoms with van der Waals surface area (Å²) < 4.78 is 0. The summed E-state index contributed by atoms with van der Waals surface area (Å²) in [6, 6.07) is -0.155. The fourth-order valence-corrected chi connectivity index (χ4v) is 2.66. The largest absolute Gasteiger partial charge is 0.479 e. The molecule has 0 fully saturated rings. The first-order valence-corrected chi connectivity index (χ1v) is 6.97. The molecule has 0 aliphatic heterocycles. The summed E-state index contributed by atoms with van der Waals surface area (Å²) in [5.41, 5.74) is 12.1. The van der Waals surface area contributed by atoms with Crippen LogP contribution in [0.2, 0.25) is 0 Å². The summed E-state index contributed by atoms with van der Waals surface area (Å²) in [6.07, 6.45) is -3.47. The van der Waals surface area contributed by atoms with Crippen molar-refractivity contribution in [2.75, 3.05) is 5.73 Å². The molecule has 11 heteroatoms. The Morgan fingerprint density at radius 3 is 2.18 bits per heavy atom. The van der Waals surface area contributed by atoms with Gasteiger partial charge in [0.25, 0.3) is 0 Å². The van der Waals surface area contributed by atoms with Crippen LogP contribution in [0.5, 0.6) is 0 Å². The number of carboxylic acid groups (broad SMARTS) is 2. The minimum Gasteiger partial charge on any atom is -0.479 e. The molecule has 0 aromatic carbocycles. The number of aromatic nitrogens is 1. The summed E-state index contributed by atoms with van der Waals surface area (Å²) in [5.74, 6) is -3.54. The molecule has 1 aliphatic rings. The number of hydrogen-bond donors (Lipinski definition) is 7. The van der Waals surface area contributed by atoms with Crippen LogP contribution in [-0.2, 0) is 16.0 Å². The second-order valence-corrected chi connectivity index (χ2v) is 5.64. The zero-order valence-corrected chi connectivity index (χ0v) is 12.1. The molecule has 0 radical (unpaired) electrons. The lowest BCUT2D eigenvalue weighted by Crippen LogP contribution is -2.39. The Kier molecular flexibility index (Phi) is 6.20. The maximum atomic E-state index is 9.77. The predicted octanol–water partition coefficient (Wildman–Crippen LogP) is -2.09. The monoisotopic (exact) mass is 335 g/mol. The van der Waals surface area contributed by atoms with Crippen molar-refractivity contribution in [1.82, 2.24) is 4.98 Å². The zero-order valence-electron chi connectivity index (χ0n) is 11.3. The fraction of sp³-hybridized carbons (Fsp3) is 0.545. The van der Waals surface area contributed by atoms with Crippen LogP contribution in [-0.4, -0.2) is 60.7 Å². The number of nitrogens with two attached hydrogens (primary N) is 2. The van der Waals surface area contributed by atoms with E-state index in [0.29, 0.717) is 5.13 Å². The van der Waals surface area contributed by atoms with E-state index in [1.165, 1.54) is 11.3 Å². The maximum absolute atomic E-state index is 9.77. The Bertz CT molecular complexity index is 532. The van der Waals surface area contributed by atoms with Crippen LogP contribution in [0.1, 0.15) is 23.1 Å². The van der Waals surface area contributed by atoms with E-state index in [1.807, 2.05) is 0 Å². The topological polar surface area (TPSA) is 200 Å². The number of nitrogens with zero attached hydrogens (tertiary/aromatic N) is 1. The number of rotatable bonds is 3. The van der Waals surface area contributed by atoms with Crippen LogP contribution in [0, 0.1) is 0 Å². The van der Waals surface area contributed by atoms with Gasteiger partial charge in [0, 0.05) is 6.04 Å². The summed E-state index contributed by atoms with van der Waals surface area (Å²) in [5, 5.41) is 42.7. The molecule has 1 aromatic heterocycles. The number of aryl methyl sites for hydroxylation is 1. The van der Waals surface area contributed by atoms with Crippen LogP contribution in [0.3, 0.4) is 0 Å². The Labute approximate surface area is 128 Å². The number of carbonyl (C=O) groups is 2. The molecule has 0 saturated heterocycles. The zero-order chi connectivity index (χ0) is 17.0. The summed E-state index contributed by atoms with van der Waals surface area (Å²) in [6.45, 7) is 0. The molecule has 22 heavy (non-hydrogen) atoms. The van der Waals surface area contributed by atoms with E-state index < -0.39 is 30.3 Å². The molecule has 1 aromatic rings. The van der Waals surface area contributed by atoms with Crippen LogP contribution >= 0.6 is 11.3 Å². The SMILES string of the molecule is Nc1nc2c(s1)[C@@H](O)[C@@H](N)CC2.O=C(O)C(O)C(O)C(=O)O. The number of nitrogen functional groups attached to an aromatic ring is 1. The van der Waals surface area contributed by atoms with Crippen molar-refractivity contribution in [3.8, 4) is 0 Å². The van der Waals surface area contributed by atoms with E-state index in [1.54, 1.807) is 0 Å². The Balaban J connectivity index is 0.000000225. The molecule has 0 amide bonds. The molecule has 10 nitrogen and oxygen atoms in total. The van der Waals surface area contributed by atoms with E-state index >= 15 is 0 Å². The van der Waals surface area contributed by atoms with E-state index in [4.69, 9.17) is 31.9 Å². The van der Waals surface area contributed by atoms with E-state index in [-0.39, 0.29) is 6.04 Å². The lowest BCUT2D eigenvalue weighted by atomic mass is 9.96. The van der Waals surface area contributed by atoms with Gasteiger partial charge in [0.2, 0.25) is 0 Å². The van der Waals surface area contributed by atoms with Gasteiger partial charge in [-0.25, -0.2) is 14.6 Å². The van der Waals surface area contributed by atoms with Gasteiger partial charge in [0.15, 0.2) is 17.3 Å². The molecule has 0 bridgehead atoms. The second-order valence-electron chi connectivity index (χ2n) is 4.58. The smallest absolute Gasteiger partial charge is 0.335 e. The normalized spacial score (nSPS) is 22.7. The van der Waals surface area contributed by atoms with Gasteiger partial charge in [-0.2, -0.15) is 0 Å². The minimum atomic E-state index is -2.27. The van der Waals surface area contributed by atoms with Gasteiger partial charge in [-0.3, -0.25) is 0 Å². The molecule has 1 heterocycles. The maximum Gasteiger partial charge on any atom is 0.335 e. The van der Waals surface area contributed by atoms with Gasteiger partial charge >= 0.3 is 11.9 Å². The van der Waals surface area contributed by atoms with Crippen LogP contribution in [0.4, 0.5) is 5.13 Å². The molecular weight excluding hydrogens is 318 g/mol. The van der Waals surface area contributed by atoms with Crippen molar-refractivity contribution in [1.29, 1.82) is 0 Å². The predicted molar refractivity (Wildman–Crippen MR) is 75.1 cm³/mol. The number of fused-ring (bicyclic) bond motifs is 1.